The van der Waals surface area contributed by atoms with Crippen molar-refractivity contribution in [3.8, 4) is 11.1 Å². The van der Waals surface area contributed by atoms with Crippen LogP contribution in [0.1, 0.15) is 19.7 Å². The molecule has 4 nitrogen and oxygen atoms in total. The zero-order valence-electron chi connectivity index (χ0n) is 14.0. The molecular weight excluding hydrogens is 318 g/mol. The Bertz CT molecular complexity index is 911. The van der Waals surface area contributed by atoms with Gasteiger partial charge >= 0.3 is 0 Å². The number of hydrogen-bond donors (Lipinski definition) is 1. The first kappa shape index (κ1) is 16.6. The number of thiophene rings is 1. The van der Waals surface area contributed by atoms with E-state index in [4.69, 9.17) is 0 Å². The lowest BCUT2D eigenvalue weighted by Gasteiger charge is -2.19. The Morgan fingerprint density at radius 1 is 1.33 bits per heavy atom. The van der Waals surface area contributed by atoms with Gasteiger partial charge < -0.3 is 4.98 Å². The van der Waals surface area contributed by atoms with E-state index in [0.29, 0.717) is 17.8 Å². The van der Waals surface area contributed by atoms with Crippen molar-refractivity contribution in [2.24, 2.45) is 0 Å². The third kappa shape index (κ3) is 3.47. The van der Waals surface area contributed by atoms with Crippen molar-refractivity contribution in [3.63, 3.8) is 0 Å². The number of likely N-dealkylation sites (N-methyl/N-ethyl adjacent to an activating group) is 1. The summed E-state index contributed by atoms with van der Waals surface area (Å²) in [7, 11) is 0. The van der Waals surface area contributed by atoms with Gasteiger partial charge in [-0.05, 0) is 19.0 Å². The fraction of sp³-hybridized carbons (Fsp3) is 0.263. The zero-order valence-corrected chi connectivity index (χ0v) is 14.8. The van der Waals surface area contributed by atoms with Crippen molar-refractivity contribution < 1.29 is 0 Å². The van der Waals surface area contributed by atoms with Crippen LogP contribution in [0, 0.1) is 0 Å². The zero-order chi connectivity index (χ0) is 17.1. The summed E-state index contributed by atoms with van der Waals surface area (Å²) in [5, 5.41) is 2.69. The molecule has 0 unspecified atom stereocenters. The maximum atomic E-state index is 12.6. The van der Waals surface area contributed by atoms with Crippen molar-refractivity contribution in [1.29, 1.82) is 0 Å². The summed E-state index contributed by atoms with van der Waals surface area (Å²) >= 11 is 1.52. The minimum atomic E-state index is -0.0681. The van der Waals surface area contributed by atoms with Gasteiger partial charge in [-0.1, -0.05) is 49.4 Å². The van der Waals surface area contributed by atoms with Gasteiger partial charge in [-0.15, -0.1) is 11.3 Å². The molecule has 124 valence electrons. The predicted octanol–water partition coefficient (Wildman–Crippen LogP) is 4.05. The molecule has 3 aromatic rings. The van der Waals surface area contributed by atoms with Crippen molar-refractivity contribution in [3.05, 3.63) is 64.0 Å². The lowest BCUT2D eigenvalue weighted by atomic mass is 10.1. The van der Waals surface area contributed by atoms with Gasteiger partial charge in [0.2, 0.25) is 0 Å². The van der Waals surface area contributed by atoms with Crippen LogP contribution >= 0.6 is 11.3 Å². The minimum Gasteiger partial charge on any atom is -0.309 e. The van der Waals surface area contributed by atoms with Crippen LogP contribution in [0.5, 0.6) is 0 Å². The van der Waals surface area contributed by atoms with Crippen LogP contribution in [0.25, 0.3) is 21.3 Å². The number of aromatic nitrogens is 2. The lowest BCUT2D eigenvalue weighted by Crippen LogP contribution is -2.27. The van der Waals surface area contributed by atoms with Gasteiger partial charge in [0.05, 0.1) is 11.9 Å². The molecule has 2 heterocycles. The van der Waals surface area contributed by atoms with E-state index in [1.165, 1.54) is 11.3 Å². The first-order chi connectivity index (χ1) is 11.6. The van der Waals surface area contributed by atoms with Gasteiger partial charge in [0.15, 0.2) is 0 Å². The van der Waals surface area contributed by atoms with E-state index in [-0.39, 0.29) is 5.56 Å². The van der Waals surface area contributed by atoms with E-state index in [9.17, 15) is 4.79 Å². The highest BCUT2D eigenvalue weighted by Crippen LogP contribution is 2.30. The SMILES string of the molecule is C=C(C)CN(CC)Cc1nc2scc(-c3ccccc3)c2c(=O)[nH]1. The molecule has 3 rings (SSSR count). The normalized spacial score (nSPS) is 11.3. The molecule has 0 amide bonds. The van der Waals surface area contributed by atoms with E-state index < -0.39 is 0 Å². The molecule has 0 bridgehead atoms. The number of hydrogen-bond acceptors (Lipinski definition) is 4. The summed E-state index contributed by atoms with van der Waals surface area (Å²) in [6.45, 7) is 10.4. The standard InChI is InChI=1S/C19H21N3OS/c1-4-22(10-13(2)3)11-16-20-18(23)17-15(12-24-19(17)21-16)14-8-6-5-7-9-14/h5-9,12H,2,4,10-11H2,1,3H3,(H,20,21,23). The molecule has 2 aromatic heterocycles. The first-order valence-electron chi connectivity index (χ1n) is 8.01. The van der Waals surface area contributed by atoms with Crippen molar-refractivity contribution >= 4 is 21.6 Å². The summed E-state index contributed by atoms with van der Waals surface area (Å²) in [4.78, 5) is 23.2. The van der Waals surface area contributed by atoms with Crippen LogP contribution in [0.4, 0.5) is 0 Å². The first-order valence-corrected chi connectivity index (χ1v) is 8.89. The number of H-pyrrole nitrogens is 1. The lowest BCUT2D eigenvalue weighted by molar-refractivity contribution is 0.297. The molecule has 1 N–H and O–H groups in total. The fourth-order valence-electron chi connectivity index (χ4n) is 2.77. The Labute approximate surface area is 145 Å². The highest BCUT2D eigenvalue weighted by atomic mass is 32.1. The van der Waals surface area contributed by atoms with Crippen LogP contribution in [0.2, 0.25) is 0 Å². The Kier molecular flexibility index (Phi) is 4.92. The van der Waals surface area contributed by atoms with E-state index in [0.717, 1.165) is 34.6 Å². The van der Waals surface area contributed by atoms with Crippen LogP contribution in [-0.4, -0.2) is 28.0 Å². The Morgan fingerprint density at radius 3 is 2.75 bits per heavy atom. The molecular formula is C19H21N3OS. The molecule has 0 saturated carbocycles. The Morgan fingerprint density at radius 2 is 2.08 bits per heavy atom. The second-order valence-corrected chi connectivity index (χ2v) is 6.83. The minimum absolute atomic E-state index is 0.0681. The Balaban J connectivity index is 1.98. The molecule has 0 radical (unpaired) electrons. The summed E-state index contributed by atoms with van der Waals surface area (Å²) in [5.74, 6) is 0.706. The number of rotatable bonds is 6. The number of nitrogens with zero attached hydrogens (tertiary/aromatic N) is 2. The topological polar surface area (TPSA) is 49.0 Å². The van der Waals surface area contributed by atoms with Gasteiger partial charge in [-0.2, -0.15) is 0 Å². The maximum absolute atomic E-state index is 12.6. The third-order valence-corrected chi connectivity index (χ3v) is 4.76. The summed E-state index contributed by atoms with van der Waals surface area (Å²) in [5.41, 5.74) is 3.02. The molecule has 0 atom stereocenters. The van der Waals surface area contributed by atoms with Gasteiger partial charge in [-0.25, -0.2) is 4.98 Å². The van der Waals surface area contributed by atoms with E-state index >= 15 is 0 Å². The van der Waals surface area contributed by atoms with Crippen LogP contribution < -0.4 is 5.56 Å². The highest BCUT2D eigenvalue weighted by Gasteiger charge is 2.14. The predicted molar refractivity (Wildman–Crippen MR) is 101 cm³/mol. The summed E-state index contributed by atoms with van der Waals surface area (Å²) in [6, 6.07) is 9.96. The Hall–Kier alpha value is -2.24. The quantitative estimate of drug-likeness (QED) is 0.689. The fourth-order valence-corrected chi connectivity index (χ4v) is 3.74. The smallest absolute Gasteiger partial charge is 0.260 e. The van der Waals surface area contributed by atoms with Gasteiger partial charge in [0, 0.05) is 17.5 Å². The number of benzene rings is 1. The largest absolute Gasteiger partial charge is 0.309 e. The van der Waals surface area contributed by atoms with Crippen LogP contribution in [0.3, 0.4) is 0 Å². The van der Waals surface area contributed by atoms with E-state index in [2.05, 4.69) is 28.4 Å². The van der Waals surface area contributed by atoms with Crippen LogP contribution in [-0.2, 0) is 6.54 Å². The van der Waals surface area contributed by atoms with Crippen molar-refractivity contribution in [1.82, 2.24) is 14.9 Å². The molecule has 24 heavy (non-hydrogen) atoms. The molecule has 0 spiro atoms. The number of fused-ring (bicyclic) bond motifs is 1. The van der Waals surface area contributed by atoms with Crippen molar-refractivity contribution in [2.45, 2.75) is 20.4 Å². The average molecular weight is 339 g/mol. The average Bonchev–Trinajstić information content (AvgIpc) is 2.99. The number of aromatic amines is 1. The number of nitrogens with one attached hydrogen (secondary N) is 1. The van der Waals surface area contributed by atoms with E-state index in [1.807, 2.05) is 42.6 Å². The second kappa shape index (κ2) is 7.11. The van der Waals surface area contributed by atoms with Gasteiger partial charge in [0.1, 0.15) is 10.7 Å². The summed E-state index contributed by atoms with van der Waals surface area (Å²) in [6.07, 6.45) is 0. The molecule has 0 saturated heterocycles. The van der Waals surface area contributed by atoms with Gasteiger partial charge in [0.25, 0.3) is 5.56 Å². The monoisotopic (exact) mass is 339 g/mol. The molecule has 0 aliphatic carbocycles. The molecule has 0 fully saturated rings. The van der Waals surface area contributed by atoms with Crippen molar-refractivity contribution in [2.75, 3.05) is 13.1 Å². The second-order valence-electron chi connectivity index (χ2n) is 5.97. The molecule has 1 aromatic carbocycles. The maximum Gasteiger partial charge on any atom is 0.260 e. The summed E-state index contributed by atoms with van der Waals surface area (Å²) < 4.78 is 0. The highest BCUT2D eigenvalue weighted by molar-refractivity contribution is 7.17. The molecule has 5 heteroatoms. The van der Waals surface area contributed by atoms with E-state index in [1.54, 1.807) is 0 Å². The van der Waals surface area contributed by atoms with Gasteiger partial charge in [-0.3, -0.25) is 9.69 Å². The third-order valence-electron chi connectivity index (χ3n) is 3.89. The van der Waals surface area contributed by atoms with Crippen LogP contribution in [0.15, 0.2) is 52.7 Å². The molecule has 0 aliphatic rings. The molecule has 0 aliphatic heterocycles.